The molecule has 0 atom stereocenters. The molecule has 9 heteroatoms. The number of nitrogens with two attached hydrogens (primary N) is 1. The molecule has 118 valence electrons. The van der Waals surface area contributed by atoms with Crippen molar-refractivity contribution in [2.75, 3.05) is 18.8 Å². The van der Waals surface area contributed by atoms with Gasteiger partial charge in [0, 0.05) is 25.2 Å². The predicted molar refractivity (Wildman–Crippen MR) is 81.6 cm³/mol. The third-order valence-corrected chi connectivity index (χ3v) is 4.56. The number of hydrogen-bond donors (Lipinski definition) is 3. The molecule has 0 heterocycles. The molecule has 0 saturated heterocycles. The number of sulfonamides is 1. The Bertz CT molecular complexity index is 622. The molecule has 0 radical (unpaired) electrons. The number of carbonyl (C=O) groups is 1. The third kappa shape index (κ3) is 5.25. The number of nitrogens with one attached hydrogen (secondary N) is 2. The SMILES string of the molecule is CCCNC(=O)CCNS(=O)(=O)c1cc(N)cc(Br)c1F. The number of hydrogen-bond acceptors (Lipinski definition) is 4. The molecule has 0 saturated carbocycles. The van der Waals surface area contributed by atoms with Crippen molar-refractivity contribution >= 4 is 37.5 Å². The van der Waals surface area contributed by atoms with Gasteiger partial charge in [-0.2, -0.15) is 0 Å². The number of amides is 1. The standard InChI is InChI=1S/C12H17BrFN3O3S/c1-2-4-16-11(18)3-5-17-21(19,20)10-7-8(15)6-9(13)12(10)14/h6-7,17H,2-5,15H2,1H3,(H,16,18). The summed E-state index contributed by atoms with van der Waals surface area (Å²) in [5.41, 5.74) is 5.62. The van der Waals surface area contributed by atoms with Gasteiger partial charge in [-0.05, 0) is 34.5 Å². The third-order valence-electron chi connectivity index (χ3n) is 2.52. The van der Waals surface area contributed by atoms with E-state index in [1.165, 1.54) is 6.07 Å². The van der Waals surface area contributed by atoms with Crippen LogP contribution in [-0.4, -0.2) is 27.4 Å². The summed E-state index contributed by atoms with van der Waals surface area (Å²) < 4.78 is 40.0. The molecule has 6 nitrogen and oxygen atoms in total. The van der Waals surface area contributed by atoms with Crippen molar-refractivity contribution in [3.8, 4) is 0 Å². The Balaban J connectivity index is 2.73. The van der Waals surface area contributed by atoms with Gasteiger partial charge in [0.15, 0.2) is 5.82 Å². The largest absolute Gasteiger partial charge is 0.399 e. The fourth-order valence-corrected chi connectivity index (χ4v) is 3.28. The molecule has 1 rings (SSSR count). The number of rotatable bonds is 7. The number of nitrogen functional groups attached to an aromatic ring is 1. The average molecular weight is 382 g/mol. The van der Waals surface area contributed by atoms with Crippen LogP contribution in [0.1, 0.15) is 19.8 Å². The summed E-state index contributed by atoms with van der Waals surface area (Å²) in [6.07, 6.45) is 0.768. The van der Waals surface area contributed by atoms with E-state index in [0.29, 0.717) is 6.54 Å². The second-order valence-electron chi connectivity index (χ2n) is 4.31. The zero-order valence-electron chi connectivity index (χ0n) is 11.4. The first kappa shape index (κ1) is 17.9. The van der Waals surface area contributed by atoms with Crippen LogP contribution < -0.4 is 15.8 Å². The van der Waals surface area contributed by atoms with Crippen LogP contribution in [0.5, 0.6) is 0 Å². The summed E-state index contributed by atoms with van der Waals surface area (Å²) in [4.78, 5) is 10.8. The molecule has 0 unspecified atom stereocenters. The molecule has 1 amide bonds. The molecule has 0 spiro atoms. The molecule has 4 N–H and O–H groups in total. The summed E-state index contributed by atoms with van der Waals surface area (Å²) in [7, 11) is -4.07. The summed E-state index contributed by atoms with van der Waals surface area (Å²) in [5.74, 6) is -1.19. The Kier molecular flexibility index (Phi) is 6.56. The van der Waals surface area contributed by atoms with Gasteiger partial charge in [-0.25, -0.2) is 17.5 Å². The van der Waals surface area contributed by atoms with E-state index in [1.807, 2.05) is 6.92 Å². The topological polar surface area (TPSA) is 101 Å². The minimum absolute atomic E-state index is 0.0235. The van der Waals surface area contributed by atoms with E-state index in [0.717, 1.165) is 12.5 Å². The lowest BCUT2D eigenvalue weighted by Gasteiger charge is -2.09. The van der Waals surface area contributed by atoms with E-state index in [4.69, 9.17) is 5.73 Å². The van der Waals surface area contributed by atoms with Crippen LogP contribution in [0, 0.1) is 5.82 Å². The maximum absolute atomic E-state index is 13.8. The first-order valence-electron chi connectivity index (χ1n) is 6.28. The van der Waals surface area contributed by atoms with Gasteiger partial charge in [0.2, 0.25) is 15.9 Å². The first-order valence-corrected chi connectivity index (χ1v) is 8.56. The molecular formula is C12H17BrFN3O3S. The van der Waals surface area contributed by atoms with E-state index >= 15 is 0 Å². The number of benzene rings is 1. The van der Waals surface area contributed by atoms with Crippen molar-refractivity contribution < 1.29 is 17.6 Å². The zero-order valence-corrected chi connectivity index (χ0v) is 13.9. The molecule has 0 aliphatic rings. The highest BCUT2D eigenvalue weighted by molar-refractivity contribution is 9.10. The summed E-state index contributed by atoms with van der Waals surface area (Å²) in [5, 5.41) is 2.61. The van der Waals surface area contributed by atoms with Gasteiger partial charge in [-0.3, -0.25) is 4.79 Å². The van der Waals surface area contributed by atoms with Crippen molar-refractivity contribution in [2.24, 2.45) is 0 Å². The van der Waals surface area contributed by atoms with Gasteiger partial charge in [0.1, 0.15) is 4.90 Å². The fourth-order valence-electron chi connectivity index (χ4n) is 1.51. The number of anilines is 1. The van der Waals surface area contributed by atoms with Crippen LogP contribution >= 0.6 is 15.9 Å². The van der Waals surface area contributed by atoms with E-state index in [2.05, 4.69) is 26.0 Å². The summed E-state index contributed by atoms with van der Waals surface area (Å²) >= 11 is 2.90. The van der Waals surface area contributed by atoms with Crippen molar-refractivity contribution in [1.29, 1.82) is 0 Å². The average Bonchev–Trinajstić information content (AvgIpc) is 2.40. The lowest BCUT2D eigenvalue weighted by atomic mass is 10.3. The highest BCUT2D eigenvalue weighted by Crippen LogP contribution is 2.25. The first-order chi connectivity index (χ1) is 9.77. The minimum atomic E-state index is -4.07. The normalized spacial score (nSPS) is 11.4. The summed E-state index contributed by atoms with van der Waals surface area (Å²) in [6, 6.07) is 2.30. The maximum Gasteiger partial charge on any atom is 0.243 e. The monoisotopic (exact) mass is 381 g/mol. The molecule has 0 aliphatic carbocycles. The summed E-state index contributed by atoms with van der Waals surface area (Å²) in [6.45, 7) is 2.32. The van der Waals surface area contributed by atoms with Crippen LogP contribution in [0.4, 0.5) is 10.1 Å². The second-order valence-corrected chi connectivity index (χ2v) is 6.90. The van der Waals surface area contributed by atoms with Crippen molar-refractivity contribution in [3.05, 3.63) is 22.4 Å². The van der Waals surface area contributed by atoms with Gasteiger partial charge in [0.05, 0.1) is 4.47 Å². The highest BCUT2D eigenvalue weighted by Gasteiger charge is 2.21. The van der Waals surface area contributed by atoms with Crippen molar-refractivity contribution in [1.82, 2.24) is 10.0 Å². The molecule has 21 heavy (non-hydrogen) atoms. The van der Waals surface area contributed by atoms with Crippen LogP contribution in [0.15, 0.2) is 21.5 Å². The van der Waals surface area contributed by atoms with Crippen LogP contribution in [-0.2, 0) is 14.8 Å². The van der Waals surface area contributed by atoms with Gasteiger partial charge in [-0.15, -0.1) is 0 Å². The maximum atomic E-state index is 13.8. The molecule has 0 fully saturated rings. The van der Waals surface area contributed by atoms with Gasteiger partial charge in [-0.1, -0.05) is 6.92 Å². The van der Waals surface area contributed by atoms with Crippen LogP contribution in [0.25, 0.3) is 0 Å². The molecule has 1 aromatic rings. The Morgan fingerprint density at radius 2 is 2.05 bits per heavy atom. The van der Waals surface area contributed by atoms with E-state index in [-0.39, 0.29) is 29.0 Å². The Hall–Kier alpha value is -1.19. The molecular weight excluding hydrogens is 365 g/mol. The molecule has 0 aliphatic heterocycles. The van der Waals surface area contributed by atoms with E-state index in [9.17, 15) is 17.6 Å². The predicted octanol–water partition coefficient (Wildman–Crippen LogP) is 1.37. The Labute approximate surface area is 131 Å². The highest BCUT2D eigenvalue weighted by atomic mass is 79.9. The lowest BCUT2D eigenvalue weighted by Crippen LogP contribution is -2.31. The molecule has 0 bridgehead atoms. The van der Waals surface area contributed by atoms with Crippen molar-refractivity contribution in [2.45, 2.75) is 24.7 Å². The zero-order chi connectivity index (χ0) is 16.0. The van der Waals surface area contributed by atoms with E-state index in [1.54, 1.807) is 0 Å². The number of halogens is 2. The quantitative estimate of drug-likeness (QED) is 0.620. The Morgan fingerprint density at radius 1 is 1.38 bits per heavy atom. The Morgan fingerprint density at radius 3 is 2.67 bits per heavy atom. The molecule has 1 aromatic carbocycles. The van der Waals surface area contributed by atoms with Gasteiger partial charge in [0.25, 0.3) is 0 Å². The molecule has 0 aromatic heterocycles. The van der Waals surface area contributed by atoms with Crippen molar-refractivity contribution in [3.63, 3.8) is 0 Å². The smallest absolute Gasteiger partial charge is 0.243 e. The second kappa shape index (κ2) is 7.71. The van der Waals surface area contributed by atoms with Crippen LogP contribution in [0.3, 0.4) is 0 Å². The minimum Gasteiger partial charge on any atom is -0.399 e. The van der Waals surface area contributed by atoms with Crippen LogP contribution in [0.2, 0.25) is 0 Å². The van der Waals surface area contributed by atoms with Gasteiger partial charge < -0.3 is 11.1 Å². The fraction of sp³-hybridized carbons (Fsp3) is 0.417. The van der Waals surface area contributed by atoms with Gasteiger partial charge >= 0.3 is 0 Å². The lowest BCUT2D eigenvalue weighted by molar-refractivity contribution is -0.120. The van der Waals surface area contributed by atoms with E-state index < -0.39 is 20.7 Å². The number of carbonyl (C=O) groups excluding carboxylic acids is 1.